The van der Waals surface area contributed by atoms with Crippen molar-refractivity contribution in [2.75, 3.05) is 0 Å². The molecule has 1 aromatic heterocycles. The molecule has 0 amide bonds. The molecule has 0 unspecified atom stereocenters. The van der Waals surface area contributed by atoms with Crippen LogP contribution in [0.15, 0.2) is 56.6 Å². The van der Waals surface area contributed by atoms with Crippen LogP contribution in [0.1, 0.15) is 38.3 Å². The predicted octanol–water partition coefficient (Wildman–Crippen LogP) is 4.62. The van der Waals surface area contributed by atoms with Crippen molar-refractivity contribution >= 4 is 38.6 Å². The lowest BCUT2D eigenvalue weighted by Crippen LogP contribution is -2.46. The Morgan fingerprint density at radius 3 is 2.42 bits per heavy atom. The topological polar surface area (TPSA) is 103 Å². The number of benzene rings is 2. The average Bonchev–Trinajstić information content (AvgIpc) is 2.77. The van der Waals surface area contributed by atoms with Crippen LogP contribution >= 0.6 is 11.6 Å². The van der Waals surface area contributed by atoms with Crippen molar-refractivity contribution in [2.24, 2.45) is 5.92 Å². The molecule has 1 heterocycles. The van der Waals surface area contributed by atoms with Crippen LogP contribution in [0.5, 0.6) is 5.75 Å². The number of carbonyl (C=O) groups is 1. The van der Waals surface area contributed by atoms with Crippen LogP contribution in [0.25, 0.3) is 11.0 Å². The second-order valence-electron chi connectivity index (χ2n) is 7.94. The molecule has 0 fully saturated rings. The normalized spacial score (nSPS) is 13.6. The van der Waals surface area contributed by atoms with Gasteiger partial charge in [-0.2, -0.15) is 4.72 Å². The number of hydrogen-bond acceptors (Lipinski definition) is 6. The van der Waals surface area contributed by atoms with E-state index in [-0.39, 0.29) is 27.2 Å². The van der Waals surface area contributed by atoms with Crippen LogP contribution in [0.2, 0.25) is 5.02 Å². The molecule has 33 heavy (non-hydrogen) atoms. The van der Waals surface area contributed by atoms with Gasteiger partial charge >= 0.3 is 11.6 Å². The van der Waals surface area contributed by atoms with Gasteiger partial charge in [0, 0.05) is 17.5 Å². The molecule has 3 rings (SSSR count). The summed E-state index contributed by atoms with van der Waals surface area (Å²) in [5.74, 6) is -1.19. The number of rotatable bonds is 8. The molecule has 0 aliphatic carbocycles. The number of hydrogen-bond donors (Lipinski definition) is 1. The summed E-state index contributed by atoms with van der Waals surface area (Å²) in [7, 11) is -3.97. The number of esters is 1. The van der Waals surface area contributed by atoms with Crippen LogP contribution in [0, 0.1) is 12.8 Å². The van der Waals surface area contributed by atoms with Gasteiger partial charge in [0.25, 0.3) is 0 Å². The monoisotopic (exact) mass is 491 g/mol. The maximum Gasteiger partial charge on any atom is 0.336 e. The molecule has 3 aromatic rings. The summed E-state index contributed by atoms with van der Waals surface area (Å²) >= 11 is 6.34. The Bertz CT molecular complexity index is 1330. The number of nitrogens with one attached hydrogen (secondary N) is 1. The van der Waals surface area contributed by atoms with E-state index >= 15 is 0 Å². The summed E-state index contributed by atoms with van der Waals surface area (Å²) in [6.45, 7) is 7.34. The third kappa shape index (κ3) is 5.63. The van der Waals surface area contributed by atoms with Crippen LogP contribution in [-0.4, -0.2) is 20.4 Å². The molecular formula is C24H26ClNO6S. The summed E-state index contributed by atoms with van der Waals surface area (Å²) in [6, 6.07) is 9.49. The minimum absolute atomic E-state index is 0.0200. The highest BCUT2D eigenvalue weighted by Gasteiger charge is 2.32. The number of ether oxygens (including phenoxy) is 1. The van der Waals surface area contributed by atoms with Crippen molar-refractivity contribution in [3.8, 4) is 5.75 Å². The van der Waals surface area contributed by atoms with Crippen molar-refractivity contribution in [1.29, 1.82) is 0 Å². The van der Waals surface area contributed by atoms with Crippen LogP contribution in [0.4, 0.5) is 0 Å². The molecule has 2 atom stereocenters. The third-order valence-electron chi connectivity index (χ3n) is 5.55. The molecule has 176 valence electrons. The van der Waals surface area contributed by atoms with Crippen molar-refractivity contribution in [3.63, 3.8) is 0 Å². The highest BCUT2D eigenvalue weighted by Crippen LogP contribution is 2.32. The van der Waals surface area contributed by atoms with E-state index in [2.05, 4.69) is 4.72 Å². The van der Waals surface area contributed by atoms with E-state index in [1.165, 1.54) is 24.3 Å². The Morgan fingerprint density at radius 2 is 1.82 bits per heavy atom. The number of aryl methyl sites for hydroxylation is 2. The minimum atomic E-state index is -3.97. The van der Waals surface area contributed by atoms with Crippen LogP contribution in [-0.2, 0) is 21.2 Å². The minimum Gasteiger partial charge on any atom is -0.424 e. The number of carbonyl (C=O) groups excluding carboxylic acids is 1. The van der Waals surface area contributed by atoms with Crippen LogP contribution in [0.3, 0.4) is 0 Å². The zero-order valence-corrected chi connectivity index (χ0v) is 20.4. The highest BCUT2D eigenvalue weighted by atomic mass is 35.5. The predicted molar refractivity (Wildman–Crippen MR) is 127 cm³/mol. The lowest BCUT2D eigenvalue weighted by molar-refractivity contribution is -0.137. The standard InChI is InChI=1S/C24H26ClNO6S/c1-5-15(4)23(26-33(29,30)17-9-7-14(3)8-10-17)24(28)32-21-13-20-18(12-19(21)25)16(6-2)11-22(27)31-20/h7-13,15,23,26H,5-6H2,1-4H3/t15-,23-/m0/s1. The second-order valence-corrected chi connectivity index (χ2v) is 10.1. The molecule has 0 radical (unpaired) electrons. The lowest BCUT2D eigenvalue weighted by atomic mass is 10.0. The summed E-state index contributed by atoms with van der Waals surface area (Å²) in [4.78, 5) is 24.9. The van der Waals surface area contributed by atoms with Gasteiger partial charge in [0.15, 0.2) is 5.75 Å². The van der Waals surface area contributed by atoms with Gasteiger partial charge in [-0.05, 0) is 43.0 Å². The first-order valence-corrected chi connectivity index (χ1v) is 12.5. The van der Waals surface area contributed by atoms with E-state index in [1.54, 1.807) is 25.1 Å². The van der Waals surface area contributed by atoms with Crippen molar-refractivity contribution in [3.05, 3.63) is 69.0 Å². The summed E-state index contributed by atoms with van der Waals surface area (Å²) < 4.78 is 39.0. The fraction of sp³-hybridized carbons (Fsp3) is 0.333. The Hall–Kier alpha value is -2.68. The van der Waals surface area contributed by atoms with Gasteiger partial charge in [0.05, 0.1) is 9.92 Å². The number of fused-ring (bicyclic) bond motifs is 1. The van der Waals surface area contributed by atoms with E-state index in [0.717, 1.165) is 11.1 Å². The molecule has 2 aromatic carbocycles. The van der Waals surface area contributed by atoms with E-state index < -0.39 is 27.7 Å². The molecule has 1 N–H and O–H groups in total. The maximum absolute atomic E-state index is 13.1. The van der Waals surface area contributed by atoms with Gasteiger partial charge in [-0.3, -0.25) is 0 Å². The molecule has 7 nitrogen and oxygen atoms in total. The zero-order chi connectivity index (χ0) is 24.3. The van der Waals surface area contributed by atoms with Crippen molar-refractivity contribution in [2.45, 2.75) is 51.5 Å². The molecule has 9 heteroatoms. The van der Waals surface area contributed by atoms with Crippen molar-refractivity contribution < 1.29 is 22.4 Å². The van der Waals surface area contributed by atoms with E-state index in [0.29, 0.717) is 18.2 Å². The van der Waals surface area contributed by atoms with Crippen molar-refractivity contribution in [1.82, 2.24) is 4.72 Å². The van der Waals surface area contributed by atoms with Gasteiger partial charge in [-0.1, -0.05) is 56.5 Å². The molecular weight excluding hydrogens is 466 g/mol. The fourth-order valence-electron chi connectivity index (χ4n) is 3.36. The summed E-state index contributed by atoms with van der Waals surface area (Å²) in [5.41, 5.74) is 1.37. The first kappa shape index (κ1) is 25.0. The van der Waals surface area contributed by atoms with Crippen LogP contribution < -0.4 is 15.1 Å². The molecule has 0 saturated heterocycles. The average molecular weight is 492 g/mol. The zero-order valence-electron chi connectivity index (χ0n) is 18.8. The Kier molecular flexibility index (Phi) is 7.62. The lowest BCUT2D eigenvalue weighted by Gasteiger charge is -2.23. The Balaban J connectivity index is 1.93. The summed E-state index contributed by atoms with van der Waals surface area (Å²) in [5, 5.41) is 0.782. The summed E-state index contributed by atoms with van der Waals surface area (Å²) in [6.07, 6.45) is 1.12. The molecule has 0 saturated carbocycles. The number of halogens is 1. The van der Waals surface area contributed by atoms with E-state index in [9.17, 15) is 18.0 Å². The third-order valence-corrected chi connectivity index (χ3v) is 7.31. The van der Waals surface area contributed by atoms with Gasteiger partial charge in [-0.15, -0.1) is 0 Å². The van der Waals surface area contributed by atoms with E-state index in [4.69, 9.17) is 20.8 Å². The fourth-order valence-corrected chi connectivity index (χ4v) is 4.85. The van der Waals surface area contributed by atoms with Gasteiger partial charge in [-0.25, -0.2) is 18.0 Å². The second kappa shape index (κ2) is 10.1. The molecule has 0 spiro atoms. The van der Waals surface area contributed by atoms with E-state index in [1.807, 2.05) is 20.8 Å². The first-order valence-electron chi connectivity index (χ1n) is 10.6. The largest absolute Gasteiger partial charge is 0.424 e. The number of sulfonamides is 1. The smallest absolute Gasteiger partial charge is 0.336 e. The molecule has 0 bridgehead atoms. The molecule has 0 aliphatic heterocycles. The van der Waals surface area contributed by atoms with Gasteiger partial charge < -0.3 is 9.15 Å². The highest BCUT2D eigenvalue weighted by molar-refractivity contribution is 7.89. The Morgan fingerprint density at radius 1 is 1.15 bits per heavy atom. The van der Waals surface area contributed by atoms with Gasteiger partial charge in [0.1, 0.15) is 11.6 Å². The quantitative estimate of drug-likeness (QED) is 0.280. The van der Waals surface area contributed by atoms with Gasteiger partial charge in [0.2, 0.25) is 10.0 Å². The SMILES string of the molecule is CCc1cc(=O)oc2cc(OC(=O)[C@@H](NS(=O)(=O)c3ccc(C)cc3)[C@@H](C)CC)c(Cl)cc12. The maximum atomic E-state index is 13.1. The Labute approximate surface area is 197 Å². The first-order chi connectivity index (χ1) is 15.6. The molecule has 0 aliphatic rings.